The van der Waals surface area contributed by atoms with Crippen LogP contribution < -0.4 is 4.74 Å². The maximum Gasteiger partial charge on any atom is 0.434 e. The number of hydrogen-bond acceptors (Lipinski definition) is 5. The first-order chi connectivity index (χ1) is 13.2. The fraction of sp³-hybridized carbons (Fsp3) is 0.211. The predicted molar refractivity (Wildman–Crippen MR) is 92.4 cm³/mol. The third kappa shape index (κ3) is 3.73. The molecule has 0 radical (unpaired) electrons. The molecule has 0 unspecified atom stereocenters. The van der Waals surface area contributed by atoms with Crippen molar-refractivity contribution in [2.75, 3.05) is 13.7 Å². The number of hydrogen-bond donors (Lipinski definition) is 0. The summed E-state index contributed by atoms with van der Waals surface area (Å²) in [6.07, 6.45) is -4.91. The predicted octanol–water partition coefficient (Wildman–Crippen LogP) is 4.64. The number of nitrogens with zero attached hydrogens (tertiary/aromatic N) is 2. The van der Waals surface area contributed by atoms with Crippen LogP contribution in [0.1, 0.15) is 23.0 Å². The zero-order chi connectivity index (χ0) is 20.5. The molecule has 0 amide bonds. The third-order valence-corrected chi connectivity index (χ3v) is 3.88. The Morgan fingerprint density at radius 1 is 1.11 bits per heavy atom. The molecule has 2 aromatic heterocycles. The van der Waals surface area contributed by atoms with Gasteiger partial charge in [-0.25, -0.2) is 19.2 Å². The molecule has 5 nitrogen and oxygen atoms in total. The second-order valence-electron chi connectivity index (χ2n) is 5.70. The number of methoxy groups -OCH3 is 1. The Morgan fingerprint density at radius 2 is 1.79 bits per heavy atom. The maximum absolute atomic E-state index is 14.5. The molecule has 3 aromatic rings. The molecule has 0 aliphatic rings. The standard InChI is InChI=1S/C19H14F4N2O3/c1-3-28-18(26)13-8-11-9-14(20)15(10-4-6-12(27-2)7-5-10)24-17(11)25-16(13)19(21,22)23/h4-9H,3H2,1-2H3. The second kappa shape index (κ2) is 7.41. The van der Waals surface area contributed by atoms with Crippen LogP contribution >= 0.6 is 0 Å². The molecule has 0 bridgehead atoms. The molecule has 0 N–H and O–H groups in total. The Kier molecular flexibility index (Phi) is 5.17. The van der Waals surface area contributed by atoms with Crippen LogP contribution in [-0.4, -0.2) is 29.7 Å². The number of rotatable bonds is 4. The van der Waals surface area contributed by atoms with Gasteiger partial charge in [0.25, 0.3) is 0 Å². The zero-order valence-electron chi connectivity index (χ0n) is 14.8. The van der Waals surface area contributed by atoms with Crippen LogP contribution in [0.15, 0.2) is 36.4 Å². The van der Waals surface area contributed by atoms with Crippen LogP contribution in [0.2, 0.25) is 0 Å². The fourth-order valence-electron chi connectivity index (χ4n) is 2.61. The van der Waals surface area contributed by atoms with E-state index >= 15 is 0 Å². The van der Waals surface area contributed by atoms with Crippen molar-refractivity contribution in [3.63, 3.8) is 0 Å². The van der Waals surface area contributed by atoms with E-state index in [0.29, 0.717) is 11.3 Å². The SMILES string of the molecule is CCOC(=O)c1cc2cc(F)c(-c3ccc(OC)cc3)nc2nc1C(F)(F)F. The average molecular weight is 394 g/mol. The number of carbonyl (C=O) groups excluding carboxylic acids is 1. The van der Waals surface area contributed by atoms with E-state index in [1.165, 1.54) is 26.2 Å². The van der Waals surface area contributed by atoms with E-state index in [9.17, 15) is 22.4 Å². The van der Waals surface area contributed by atoms with E-state index in [1.807, 2.05) is 0 Å². The van der Waals surface area contributed by atoms with Crippen molar-refractivity contribution < 1.29 is 31.8 Å². The van der Waals surface area contributed by atoms with Gasteiger partial charge in [0.2, 0.25) is 0 Å². The number of alkyl halides is 3. The molecule has 0 aliphatic carbocycles. The summed E-state index contributed by atoms with van der Waals surface area (Å²) in [5, 5.41) is -0.0502. The third-order valence-electron chi connectivity index (χ3n) is 3.88. The van der Waals surface area contributed by atoms with Gasteiger partial charge in [-0.1, -0.05) is 0 Å². The van der Waals surface area contributed by atoms with Gasteiger partial charge < -0.3 is 9.47 Å². The molecule has 0 saturated carbocycles. The number of carbonyl (C=O) groups is 1. The molecule has 9 heteroatoms. The summed E-state index contributed by atoms with van der Waals surface area (Å²) in [5.41, 5.74) is -2.39. The highest BCUT2D eigenvalue weighted by Gasteiger charge is 2.38. The smallest absolute Gasteiger partial charge is 0.434 e. The summed E-state index contributed by atoms with van der Waals surface area (Å²) in [4.78, 5) is 19.3. The molecule has 0 atom stereocenters. The molecule has 0 saturated heterocycles. The molecule has 2 heterocycles. The Morgan fingerprint density at radius 3 is 2.36 bits per heavy atom. The van der Waals surface area contributed by atoms with Crippen molar-refractivity contribution >= 4 is 17.0 Å². The van der Waals surface area contributed by atoms with Gasteiger partial charge in [0.1, 0.15) is 17.3 Å². The second-order valence-corrected chi connectivity index (χ2v) is 5.70. The molecule has 1 aromatic carbocycles. The molecule has 3 rings (SSSR count). The summed E-state index contributed by atoms with van der Waals surface area (Å²) in [7, 11) is 1.47. The van der Waals surface area contributed by atoms with Crippen LogP contribution in [0, 0.1) is 5.82 Å². The first-order valence-electron chi connectivity index (χ1n) is 8.14. The molecule has 0 aliphatic heterocycles. The van der Waals surface area contributed by atoms with Gasteiger partial charge in [-0.3, -0.25) is 0 Å². The van der Waals surface area contributed by atoms with Gasteiger partial charge in [0.15, 0.2) is 11.3 Å². The fourth-order valence-corrected chi connectivity index (χ4v) is 2.61. The van der Waals surface area contributed by atoms with E-state index in [0.717, 1.165) is 12.1 Å². The Hall–Kier alpha value is -3.23. The number of fused-ring (bicyclic) bond motifs is 1. The first-order valence-corrected chi connectivity index (χ1v) is 8.14. The quantitative estimate of drug-likeness (QED) is 0.477. The molecule has 0 fully saturated rings. The van der Waals surface area contributed by atoms with Crippen molar-refractivity contribution in [2.45, 2.75) is 13.1 Å². The lowest BCUT2D eigenvalue weighted by molar-refractivity contribution is -0.141. The summed E-state index contributed by atoms with van der Waals surface area (Å²) in [6.45, 7) is 1.35. The highest BCUT2D eigenvalue weighted by atomic mass is 19.4. The minimum atomic E-state index is -4.91. The van der Waals surface area contributed by atoms with E-state index in [1.54, 1.807) is 12.1 Å². The number of benzene rings is 1. The maximum atomic E-state index is 14.5. The summed E-state index contributed by atoms with van der Waals surface area (Å²) in [5.74, 6) is -1.43. The Labute approximate surface area is 156 Å². The van der Waals surface area contributed by atoms with Crippen LogP contribution in [0.3, 0.4) is 0 Å². The summed E-state index contributed by atoms with van der Waals surface area (Å²) < 4.78 is 64.3. The van der Waals surface area contributed by atoms with E-state index in [-0.39, 0.29) is 23.3 Å². The molecule has 28 heavy (non-hydrogen) atoms. The normalized spacial score (nSPS) is 11.5. The van der Waals surface area contributed by atoms with Crippen LogP contribution in [0.25, 0.3) is 22.3 Å². The highest BCUT2D eigenvalue weighted by Crippen LogP contribution is 2.34. The van der Waals surface area contributed by atoms with Crippen molar-refractivity contribution in [1.82, 2.24) is 9.97 Å². The lowest BCUT2D eigenvalue weighted by Gasteiger charge is -2.13. The molecular formula is C19H14F4N2O3. The van der Waals surface area contributed by atoms with Crippen LogP contribution in [-0.2, 0) is 10.9 Å². The number of pyridine rings is 2. The largest absolute Gasteiger partial charge is 0.497 e. The van der Waals surface area contributed by atoms with Gasteiger partial charge >= 0.3 is 12.1 Å². The van der Waals surface area contributed by atoms with Crippen molar-refractivity contribution in [3.05, 3.63) is 53.5 Å². The lowest BCUT2D eigenvalue weighted by Crippen LogP contribution is -2.17. The first kappa shape index (κ1) is 19.5. The minimum Gasteiger partial charge on any atom is -0.497 e. The Bertz CT molecular complexity index is 1030. The number of halogens is 4. The summed E-state index contributed by atoms with van der Waals surface area (Å²) >= 11 is 0. The number of esters is 1. The molecular weight excluding hydrogens is 380 g/mol. The highest BCUT2D eigenvalue weighted by molar-refractivity contribution is 5.95. The average Bonchev–Trinajstić information content (AvgIpc) is 2.66. The molecule has 146 valence electrons. The van der Waals surface area contributed by atoms with Crippen molar-refractivity contribution in [2.24, 2.45) is 0 Å². The monoisotopic (exact) mass is 394 g/mol. The van der Waals surface area contributed by atoms with Gasteiger partial charge in [-0.05, 0) is 43.3 Å². The van der Waals surface area contributed by atoms with E-state index in [2.05, 4.69) is 14.7 Å². The topological polar surface area (TPSA) is 61.3 Å². The Balaban J connectivity index is 2.20. The van der Waals surface area contributed by atoms with Gasteiger partial charge in [0, 0.05) is 10.9 Å². The zero-order valence-corrected chi connectivity index (χ0v) is 14.8. The van der Waals surface area contributed by atoms with Crippen molar-refractivity contribution in [1.29, 1.82) is 0 Å². The van der Waals surface area contributed by atoms with Crippen LogP contribution in [0.4, 0.5) is 17.6 Å². The van der Waals surface area contributed by atoms with Gasteiger partial charge in [-0.2, -0.15) is 13.2 Å². The molecule has 0 spiro atoms. The van der Waals surface area contributed by atoms with E-state index in [4.69, 9.17) is 4.74 Å². The number of ether oxygens (including phenoxy) is 2. The van der Waals surface area contributed by atoms with Crippen molar-refractivity contribution in [3.8, 4) is 17.0 Å². The van der Waals surface area contributed by atoms with Gasteiger partial charge in [-0.15, -0.1) is 0 Å². The summed E-state index contributed by atoms with van der Waals surface area (Å²) in [6, 6.07) is 8.05. The minimum absolute atomic E-state index is 0.0502. The lowest BCUT2D eigenvalue weighted by atomic mass is 10.1. The van der Waals surface area contributed by atoms with E-state index < -0.39 is 29.2 Å². The number of aromatic nitrogens is 2. The van der Waals surface area contributed by atoms with Crippen LogP contribution in [0.5, 0.6) is 5.75 Å². The van der Waals surface area contributed by atoms with Gasteiger partial charge in [0.05, 0.1) is 19.3 Å².